The molecule has 0 bridgehead atoms. The van der Waals surface area contributed by atoms with Crippen LogP contribution in [0.25, 0.3) is 10.8 Å². The van der Waals surface area contributed by atoms with Gasteiger partial charge in [-0.1, -0.05) is 30.3 Å². The molecule has 0 radical (unpaired) electrons. The van der Waals surface area contributed by atoms with Gasteiger partial charge in [0.2, 0.25) is 0 Å². The summed E-state index contributed by atoms with van der Waals surface area (Å²) in [4.78, 5) is 2.47. The molecule has 2 aromatic rings. The number of hydrogen-bond acceptors (Lipinski definition) is 2. The maximum Gasteiger partial charge on any atom is 0.0366 e. The van der Waals surface area contributed by atoms with E-state index in [9.17, 15) is 0 Å². The Morgan fingerprint density at radius 2 is 1.89 bits per heavy atom. The molecule has 0 aliphatic heterocycles. The van der Waals surface area contributed by atoms with Crippen LogP contribution in [0.3, 0.4) is 0 Å². The van der Waals surface area contributed by atoms with Crippen molar-refractivity contribution in [3.8, 4) is 0 Å². The summed E-state index contributed by atoms with van der Waals surface area (Å²) in [5, 5.41) is 2.48. The zero-order chi connectivity index (χ0) is 13.2. The molecule has 1 aliphatic rings. The molecule has 0 amide bonds. The summed E-state index contributed by atoms with van der Waals surface area (Å²) in [6.07, 6.45) is 4.60. The largest absolute Gasteiger partial charge is 0.398 e. The maximum absolute atomic E-state index is 6.20. The molecular formula is C17H20N2. The average molecular weight is 252 g/mol. The molecule has 98 valence electrons. The van der Waals surface area contributed by atoms with Crippen LogP contribution in [0.1, 0.15) is 18.4 Å². The maximum atomic E-state index is 6.20. The third-order valence-electron chi connectivity index (χ3n) is 3.81. The van der Waals surface area contributed by atoms with Gasteiger partial charge in [-0.05, 0) is 41.3 Å². The number of benzene rings is 2. The van der Waals surface area contributed by atoms with Crippen molar-refractivity contribution in [1.82, 2.24) is 4.90 Å². The summed E-state index contributed by atoms with van der Waals surface area (Å²) < 4.78 is 0. The third kappa shape index (κ3) is 2.64. The van der Waals surface area contributed by atoms with Crippen molar-refractivity contribution >= 4 is 16.5 Å². The monoisotopic (exact) mass is 252 g/mol. The van der Waals surface area contributed by atoms with E-state index in [1.165, 1.54) is 29.2 Å². The van der Waals surface area contributed by atoms with Crippen molar-refractivity contribution in [2.45, 2.75) is 25.4 Å². The molecule has 1 saturated carbocycles. The zero-order valence-electron chi connectivity index (χ0n) is 11.2. The summed E-state index contributed by atoms with van der Waals surface area (Å²) in [6.45, 7) is 5.72. The van der Waals surface area contributed by atoms with Crippen molar-refractivity contribution in [3.63, 3.8) is 0 Å². The molecule has 0 atom stereocenters. The highest BCUT2D eigenvalue weighted by atomic mass is 15.2. The van der Waals surface area contributed by atoms with Crippen LogP contribution in [0.2, 0.25) is 0 Å². The molecule has 0 unspecified atom stereocenters. The van der Waals surface area contributed by atoms with Gasteiger partial charge in [-0.3, -0.25) is 4.90 Å². The van der Waals surface area contributed by atoms with Gasteiger partial charge in [0, 0.05) is 24.8 Å². The first-order valence-electron chi connectivity index (χ1n) is 6.90. The number of anilines is 1. The van der Waals surface area contributed by atoms with E-state index in [4.69, 9.17) is 5.73 Å². The van der Waals surface area contributed by atoms with Crippen molar-refractivity contribution in [2.75, 3.05) is 12.3 Å². The second-order valence-corrected chi connectivity index (χ2v) is 5.35. The molecule has 19 heavy (non-hydrogen) atoms. The zero-order valence-corrected chi connectivity index (χ0v) is 11.2. The number of hydrogen-bond donors (Lipinski definition) is 1. The Balaban J connectivity index is 1.90. The van der Waals surface area contributed by atoms with Gasteiger partial charge in [0.1, 0.15) is 0 Å². The lowest BCUT2D eigenvalue weighted by atomic mass is 10.0. The predicted molar refractivity (Wildman–Crippen MR) is 82.0 cm³/mol. The van der Waals surface area contributed by atoms with Gasteiger partial charge in [0.25, 0.3) is 0 Å². The lowest BCUT2D eigenvalue weighted by Gasteiger charge is -2.21. The lowest BCUT2D eigenvalue weighted by Crippen LogP contribution is -2.26. The highest BCUT2D eigenvalue weighted by molar-refractivity contribution is 5.86. The Morgan fingerprint density at radius 1 is 1.21 bits per heavy atom. The van der Waals surface area contributed by atoms with E-state index < -0.39 is 0 Å². The van der Waals surface area contributed by atoms with Gasteiger partial charge in [-0.15, -0.1) is 6.58 Å². The SMILES string of the molecule is C=CCN(Cc1cc2ccccc2cc1N)C1CC1. The number of nitrogen functional groups attached to an aromatic ring is 1. The van der Waals surface area contributed by atoms with Crippen LogP contribution >= 0.6 is 0 Å². The number of fused-ring (bicyclic) bond motifs is 1. The quantitative estimate of drug-likeness (QED) is 0.651. The first-order valence-corrected chi connectivity index (χ1v) is 6.90. The molecular weight excluding hydrogens is 232 g/mol. The Bertz CT molecular complexity index is 599. The van der Waals surface area contributed by atoms with Gasteiger partial charge in [0.05, 0.1) is 0 Å². The molecule has 2 nitrogen and oxygen atoms in total. The molecule has 0 heterocycles. The molecule has 1 fully saturated rings. The molecule has 2 aromatic carbocycles. The molecule has 2 heteroatoms. The fourth-order valence-electron chi connectivity index (χ4n) is 2.61. The van der Waals surface area contributed by atoms with Crippen LogP contribution < -0.4 is 5.73 Å². The summed E-state index contributed by atoms with van der Waals surface area (Å²) >= 11 is 0. The summed E-state index contributed by atoms with van der Waals surface area (Å²) in [5.41, 5.74) is 8.32. The second-order valence-electron chi connectivity index (χ2n) is 5.35. The summed E-state index contributed by atoms with van der Waals surface area (Å²) in [6, 6.07) is 13.4. The van der Waals surface area contributed by atoms with Gasteiger partial charge in [0.15, 0.2) is 0 Å². The van der Waals surface area contributed by atoms with Crippen LogP contribution in [-0.2, 0) is 6.54 Å². The van der Waals surface area contributed by atoms with Crippen LogP contribution in [0.4, 0.5) is 5.69 Å². The number of nitrogens with zero attached hydrogens (tertiary/aromatic N) is 1. The van der Waals surface area contributed by atoms with E-state index in [1.54, 1.807) is 0 Å². The lowest BCUT2D eigenvalue weighted by molar-refractivity contribution is 0.284. The first kappa shape index (κ1) is 12.2. The number of nitrogens with two attached hydrogens (primary N) is 1. The molecule has 3 rings (SSSR count). The molecule has 1 aliphatic carbocycles. The minimum Gasteiger partial charge on any atom is -0.398 e. The Labute approximate surface area is 114 Å². The van der Waals surface area contributed by atoms with E-state index in [0.717, 1.165) is 24.8 Å². The van der Waals surface area contributed by atoms with E-state index in [2.05, 4.69) is 47.9 Å². The van der Waals surface area contributed by atoms with Crippen molar-refractivity contribution in [3.05, 3.63) is 54.6 Å². The van der Waals surface area contributed by atoms with E-state index >= 15 is 0 Å². The van der Waals surface area contributed by atoms with E-state index in [0.29, 0.717) is 0 Å². The minimum absolute atomic E-state index is 0.726. The molecule has 0 spiro atoms. The Hall–Kier alpha value is -1.80. The topological polar surface area (TPSA) is 29.3 Å². The summed E-state index contributed by atoms with van der Waals surface area (Å²) in [7, 11) is 0. The first-order chi connectivity index (χ1) is 9.28. The van der Waals surface area contributed by atoms with Crippen molar-refractivity contribution < 1.29 is 0 Å². The van der Waals surface area contributed by atoms with Crippen LogP contribution in [0.5, 0.6) is 0 Å². The summed E-state index contributed by atoms with van der Waals surface area (Å²) in [5.74, 6) is 0. The molecule has 0 saturated heterocycles. The molecule has 2 N–H and O–H groups in total. The fraction of sp³-hybridized carbons (Fsp3) is 0.294. The predicted octanol–water partition coefficient (Wildman–Crippen LogP) is 3.57. The molecule has 0 aromatic heterocycles. The van der Waals surface area contributed by atoms with E-state index in [-0.39, 0.29) is 0 Å². The Kier molecular flexibility index (Phi) is 3.26. The average Bonchev–Trinajstić information content (AvgIpc) is 3.23. The minimum atomic E-state index is 0.726. The van der Waals surface area contributed by atoms with Gasteiger partial charge in [-0.25, -0.2) is 0 Å². The van der Waals surface area contributed by atoms with E-state index in [1.807, 2.05) is 6.08 Å². The van der Waals surface area contributed by atoms with Gasteiger partial charge < -0.3 is 5.73 Å². The highest BCUT2D eigenvalue weighted by Gasteiger charge is 2.28. The smallest absolute Gasteiger partial charge is 0.0366 e. The van der Waals surface area contributed by atoms with Crippen molar-refractivity contribution in [1.29, 1.82) is 0 Å². The standard InChI is InChI=1S/C17H20N2/c1-2-9-19(16-7-8-16)12-15-10-13-5-3-4-6-14(13)11-17(15)18/h2-6,10-11,16H,1,7-9,12,18H2. The van der Waals surface area contributed by atoms with Gasteiger partial charge >= 0.3 is 0 Å². The third-order valence-corrected chi connectivity index (χ3v) is 3.81. The van der Waals surface area contributed by atoms with Crippen LogP contribution in [0, 0.1) is 0 Å². The van der Waals surface area contributed by atoms with Crippen LogP contribution in [-0.4, -0.2) is 17.5 Å². The highest BCUT2D eigenvalue weighted by Crippen LogP contribution is 2.30. The van der Waals surface area contributed by atoms with Crippen LogP contribution in [0.15, 0.2) is 49.1 Å². The normalized spacial score (nSPS) is 15.0. The number of rotatable bonds is 5. The second kappa shape index (κ2) is 5.06. The Morgan fingerprint density at radius 3 is 2.53 bits per heavy atom. The fourth-order valence-corrected chi connectivity index (χ4v) is 2.61. The van der Waals surface area contributed by atoms with Gasteiger partial charge in [-0.2, -0.15) is 0 Å². The van der Waals surface area contributed by atoms with Crippen molar-refractivity contribution in [2.24, 2.45) is 0 Å².